The minimum Gasteiger partial charge on any atom is -0.427 e. The third-order valence-electron chi connectivity index (χ3n) is 4.73. The largest absolute Gasteiger partial charge is 0.427 e. The van der Waals surface area contributed by atoms with Crippen molar-refractivity contribution in [1.82, 2.24) is 15.9 Å². The van der Waals surface area contributed by atoms with Crippen LogP contribution in [0.3, 0.4) is 0 Å². The fraction of sp³-hybridized carbons (Fsp3) is 0.467. The van der Waals surface area contributed by atoms with Gasteiger partial charge in [0.15, 0.2) is 0 Å². The highest BCUT2D eigenvalue weighted by Gasteiger charge is 2.55. The Kier molecular flexibility index (Phi) is 4.17. The van der Waals surface area contributed by atoms with E-state index in [9.17, 15) is 9.59 Å². The van der Waals surface area contributed by atoms with Crippen molar-refractivity contribution in [2.45, 2.75) is 24.3 Å². The zero-order chi connectivity index (χ0) is 15.6. The van der Waals surface area contributed by atoms with Gasteiger partial charge < -0.3 is 15.2 Å². The van der Waals surface area contributed by atoms with Crippen LogP contribution in [-0.4, -0.2) is 38.7 Å². The highest BCUT2D eigenvalue weighted by Crippen LogP contribution is 2.47. The summed E-state index contributed by atoms with van der Waals surface area (Å²) in [5.74, 6) is 0.349. The second kappa shape index (κ2) is 6.10. The van der Waals surface area contributed by atoms with Crippen LogP contribution in [0.25, 0.3) is 0 Å². The van der Waals surface area contributed by atoms with Crippen molar-refractivity contribution in [3.8, 4) is 0 Å². The molecule has 1 aliphatic carbocycles. The van der Waals surface area contributed by atoms with Crippen molar-refractivity contribution in [3.05, 3.63) is 35.9 Å². The molecule has 1 atom stereocenters. The Bertz CT molecular complexity index is 562. The number of imide groups is 1. The van der Waals surface area contributed by atoms with E-state index in [4.69, 9.17) is 4.65 Å². The Morgan fingerprint density at radius 2 is 2.05 bits per heavy atom. The van der Waals surface area contributed by atoms with Crippen molar-refractivity contribution < 1.29 is 14.2 Å². The minimum absolute atomic E-state index is 0.133. The molecule has 1 aromatic rings. The quantitative estimate of drug-likeness (QED) is 0.400. The maximum atomic E-state index is 12.3. The average molecular weight is 301 g/mol. The average Bonchev–Trinajstić information content (AvgIpc) is 2.74. The highest BCUT2D eigenvalue weighted by molar-refractivity contribution is 6.23. The van der Waals surface area contributed by atoms with Crippen LogP contribution >= 0.6 is 0 Å². The van der Waals surface area contributed by atoms with E-state index in [-0.39, 0.29) is 11.8 Å². The zero-order valence-corrected chi connectivity index (χ0v) is 12.6. The number of urea groups is 1. The molecule has 6 nitrogen and oxygen atoms in total. The van der Waals surface area contributed by atoms with Crippen molar-refractivity contribution in [3.63, 3.8) is 0 Å². The van der Waals surface area contributed by atoms with Gasteiger partial charge in [-0.2, -0.15) is 0 Å². The number of amides is 3. The predicted molar refractivity (Wildman–Crippen MR) is 83.5 cm³/mol. The Labute approximate surface area is 130 Å². The van der Waals surface area contributed by atoms with E-state index >= 15 is 0 Å². The fourth-order valence-electron chi connectivity index (χ4n) is 3.43. The molecular formula is C15H20BN3O3. The van der Waals surface area contributed by atoms with Gasteiger partial charge in [-0.15, -0.1) is 0 Å². The van der Waals surface area contributed by atoms with Crippen LogP contribution in [0.4, 0.5) is 4.79 Å². The summed E-state index contributed by atoms with van der Waals surface area (Å²) in [5.41, 5.74) is 0.435. The van der Waals surface area contributed by atoms with Crippen LogP contribution < -0.4 is 15.9 Å². The monoisotopic (exact) mass is 301 g/mol. The predicted octanol–water partition coefficient (Wildman–Crippen LogP) is 0.261. The molecule has 0 bridgehead atoms. The van der Waals surface area contributed by atoms with E-state index in [1.807, 2.05) is 18.2 Å². The molecular weight excluding hydrogens is 281 g/mol. The summed E-state index contributed by atoms with van der Waals surface area (Å²) >= 11 is 0. The van der Waals surface area contributed by atoms with E-state index in [1.54, 1.807) is 7.11 Å². The Morgan fingerprint density at radius 1 is 1.32 bits per heavy atom. The molecule has 1 unspecified atom stereocenters. The lowest BCUT2D eigenvalue weighted by Gasteiger charge is -2.45. The third kappa shape index (κ3) is 2.62. The van der Waals surface area contributed by atoms with E-state index in [0.29, 0.717) is 20.1 Å². The first-order chi connectivity index (χ1) is 10.7. The smallest absolute Gasteiger partial charge is 0.360 e. The van der Waals surface area contributed by atoms with Crippen molar-refractivity contribution in [2.24, 2.45) is 5.92 Å². The molecule has 0 radical (unpaired) electrons. The molecule has 3 rings (SSSR count). The van der Waals surface area contributed by atoms with E-state index < -0.39 is 11.6 Å². The number of carbonyl (C=O) groups is 2. The van der Waals surface area contributed by atoms with Crippen LogP contribution in [0, 0.1) is 5.92 Å². The molecule has 1 aromatic carbocycles. The summed E-state index contributed by atoms with van der Waals surface area (Å²) in [7, 11) is 1.93. The number of hydrogen-bond donors (Lipinski definition) is 3. The number of nitrogens with one attached hydrogen (secondary N) is 3. The Balaban J connectivity index is 1.69. The molecule has 116 valence electrons. The maximum absolute atomic E-state index is 12.3. The number of hydrogen-bond acceptors (Lipinski definition) is 4. The van der Waals surface area contributed by atoms with Crippen LogP contribution in [-0.2, 0) is 9.45 Å². The van der Waals surface area contributed by atoms with Crippen molar-refractivity contribution in [2.75, 3.05) is 13.7 Å². The van der Waals surface area contributed by atoms with Crippen LogP contribution in [0.15, 0.2) is 30.3 Å². The molecule has 0 aromatic heterocycles. The lowest BCUT2D eigenvalue weighted by Crippen LogP contribution is -2.62. The standard InChI is InChI=1S/C15H20BN3O3/c1-22-16-17-9-15(13(20)18-14(21)19-15)12-7-11(8-12)10-5-3-2-4-6-10/h2-6,11-12,16-17H,7-9H2,1H3,(H2,18,19,20,21). The lowest BCUT2D eigenvalue weighted by molar-refractivity contribution is -0.127. The van der Waals surface area contributed by atoms with Gasteiger partial charge >= 0.3 is 13.6 Å². The van der Waals surface area contributed by atoms with Gasteiger partial charge in [-0.25, -0.2) is 4.79 Å². The maximum Gasteiger partial charge on any atom is 0.360 e. The topological polar surface area (TPSA) is 79.5 Å². The minimum atomic E-state index is -0.860. The van der Waals surface area contributed by atoms with Gasteiger partial charge in [0, 0.05) is 13.7 Å². The Morgan fingerprint density at radius 3 is 2.64 bits per heavy atom. The summed E-state index contributed by atoms with van der Waals surface area (Å²) in [6.07, 6.45) is 1.79. The van der Waals surface area contributed by atoms with Gasteiger partial charge in [0.05, 0.1) is 0 Å². The first-order valence-corrected chi connectivity index (χ1v) is 7.54. The number of benzene rings is 1. The summed E-state index contributed by atoms with van der Waals surface area (Å²) < 4.78 is 4.98. The van der Waals surface area contributed by atoms with Gasteiger partial charge in [-0.05, 0) is 30.2 Å². The SMILES string of the molecule is COBNCC1(C2CC(c3ccccc3)C2)NC(=O)NC1=O. The first-order valence-electron chi connectivity index (χ1n) is 7.54. The van der Waals surface area contributed by atoms with E-state index in [0.717, 1.165) is 12.8 Å². The van der Waals surface area contributed by atoms with Crippen molar-refractivity contribution in [1.29, 1.82) is 0 Å². The normalized spacial score (nSPS) is 30.4. The molecule has 22 heavy (non-hydrogen) atoms. The third-order valence-corrected chi connectivity index (χ3v) is 4.73. The summed E-state index contributed by atoms with van der Waals surface area (Å²) in [6, 6.07) is 9.88. The summed E-state index contributed by atoms with van der Waals surface area (Å²) in [5, 5.41) is 8.28. The fourth-order valence-corrected chi connectivity index (χ4v) is 3.43. The molecule has 3 N–H and O–H groups in total. The van der Waals surface area contributed by atoms with Crippen LogP contribution in [0.5, 0.6) is 0 Å². The second-order valence-electron chi connectivity index (χ2n) is 6.02. The molecule has 7 heteroatoms. The first kappa shape index (κ1) is 15.1. The number of carbonyl (C=O) groups excluding carboxylic acids is 2. The lowest BCUT2D eigenvalue weighted by atomic mass is 9.62. The molecule has 1 aliphatic heterocycles. The van der Waals surface area contributed by atoms with Gasteiger partial charge in [-0.1, -0.05) is 30.3 Å². The van der Waals surface area contributed by atoms with Gasteiger partial charge in [0.1, 0.15) is 5.54 Å². The van der Waals surface area contributed by atoms with E-state index in [2.05, 4.69) is 28.0 Å². The van der Waals surface area contributed by atoms with Crippen molar-refractivity contribution >= 4 is 19.6 Å². The van der Waals surface area contributed by atoms with Crippen LogP contribution in [0.1, 0.15) is 24.3 Å². The molecule has 1 saturated heterocycles. The van der Waals surface area contributed by atoms with Crippen LogP contribution in [0.2, 0.25) is 0 Å². The molecule has 0 spiro atoms. The Hall–Kier alpha value is -1.86. The molecule has 1 heterocycles. The van der Waals surface area contributed by atoms with Gasteiger partial charge in [-0.3, -0.25) is 10.1 Å². The molecule has 2 fully saturated rings. The zero-order valence-electron chi connectivity index (χ0n) is 12.6. The highest BCUT2D eigenvalue weighted by atomic mass is 16.4. The van der Waals surface area contributed by atoms with Gasteiger partial charge in [0.2, 0.25) is 0 Å². The number of rotatable bonds is 6. The van der Waals surface area contributed by atoms with Gasteiger partial charge in [0.25, 0.3) is 5.91 Å². The summed E-state index contributed by atoms with van der Waals surface area (Å²) in [6.45, 7) is 0.380. The molecule has 1 saturated carbocycles. The summed E-state index contributed by atoms with van der Waals surface area (Å²) in [4.78, 5) is 23.9. The molecule has 2 aliphatic rings. The molecule has 3 amide bonds. The second-order valence-corrected chi connectivity index (χ2v) is 6.02. The van der Waals surface area contributed by atoms with E-state index in [1.165, 1.54) is 5.56 Å².